The average Bonchev–Trinajstić information content (AvgIpc) is 2.92. The molecule has 0 saturated carbocycles. The fraction of sp³-hybridized carbons (Fsp3) is 0.294. The van der Waals surface area contributed by atoms with Crippen LogP contribution in [0, 0.1) is 0 Å². The molecular formula is C17H18BrNO3S. The van der Waals surface area contributed by atoms with Gasteiger partial charge in [-0.15, -0.1) is 11.3 Å². The van der Waals surface area contributed by atoms with Crippen molar-refractivity contribution in [3.8, 4) is 0 Å². The maximum Gasteiger partial charge on any atom is 0.303 e. The summed E-state index contributed by atoms with van der Waals surface area (Å²) < 4.78 is 1.00. The molecule has 0 fully saturated rings. The molecule has 122 valence electrons. The van der Waals surface area contributed by atoms with Gasteiger partial charge in [-0.25, -0.2) is 0 Å². The number of aliphatic carboxylic acids is 1. The van der Waals surface area contributed by atoms with E-state index in [0.717, 1.165) is 14.2 Å². The van der Waals surface area contributed by atoms with Gasteiger partial charge in [0.2, 0.25) is 5.91 Å². The second-order valence-corrected chi connectivity index (χ2v) is 7.73. The molecule has 0 aliphatic rings. The molecule has 1 aromatic carbocycles. The molecule has 1 aromatic heterocycles. The van der Waals surface area contributed by atoms with Gasteiger partial charge >= 0.3 is 5.97 Å². The van der Waals surface area contributed by atoms with E-state index in [2.05, 4.69) is 15.9 Å². The number of hydrogen-bond donors (Lipinski definition) is 1. The zero-order valence-corrected chi connectivity index (χ0v) is 15.0. The smallest absolute Gasteiger partial charge is 0.303 e. The lowest BCUT2D eigenvalue weighted by Gasteiger charge is -2.22. The van der Waals surface area contributed by atoms with E-state index in [1.165, 1.54) is 0 Å². The number of amides is 1. The standard InChI is InChI=1S/C17H18BrNO3S/c18-15-9-8-14(23-15)11-16(20)19(10-4-7-17(21)22)12-13-5-2-1-3-6-13/h1-3,5-6,8-9H,4,7,10-12H2,(H,21,22). The number of nitrogens with zero attached hydrogens (tertiary/aromatic N) is 1. The second-order valence-electron chi connectivity index (χ2n) is 5.18. The van der Waals surface area contributed by atoms with E-state index >= 15 is 0 Å². The van der Waals surface area contributed by atoms with Crippen LogP contribution in [0.5, 0.6) is 0 Å². The number of carbonyl (C=O) groups is 2. The minimum absolute atomic E-state index is 0.0218. The fourth-order valence-electron chi connectivity index (χ4n) is 2.22. The minimum atomic E-state index is -0.834. The average molecular weight is 396 g/mol. The molecule has 23 heavy (non-hydrogen) atoms. The van der Waals surface area contributed by atoms with E-state index in [0.29, 0.717) is 25.9 Å². The van der Waals surface area contributed by atoms with E-state index in [9.17, 15) is 9.59 Å². The normalized spacial score (nSPS) is 10.5. The molecule has 1 N–H and O–H groups in total. The summed E-state index contributed by atoms with van der Waals surface area (Å²) in [4.78, 5) is 26.0. The molecular weight excluding hydrogens is 378 g/mol. The highest BCUT2D eigenvalue weighted by Crippen LogP contribution is 2.23. The molecule has 6 heteroatoms. The van der Waals surface area contributed by atoms with Crippen LogP contribution in [0.4, 0.5) is 0 Å². The van der Waals surface area contributed by atoms with E-state index in [1.807, 2.05) is 42.5 Å². The van der Waals surface area contributed by atoms with E-state index in [4.69, 9.17) is 5.11 Å². The second kappa shape index (κ2) is 8.84. The van der Waals surface area contributed by atoms with Gasteiger partial charge in [-0.1, -0.05) is 30.3 Å². The zero-order valence-electron chi connectivity index (χ0n) is 12.6. The lowest BCUT2D eigenvalue weighted by molar-refractivity contribution is -0.138. The van der Waals surface area contributed by atoms with Gasteiger partial charge in [0, 0.05) is 24.4 Å². The maximum absolute atomic E-state index is 12.6. The van der Waals surface area contributed by atoms with Gasteiger partial charge in [0.05, 0.1) is 10.2 Å². The summed E-state index contributed by atoms with van der Waals surface area (Å²) in [5, 5.41) is 8.79. The van der Waals surface area contributed by atoms with Crippen LogP contribution in [0.25, 0.3) is 0 Å². The molecule has 0 aliphatic carbocycles. The third-order valence-electron chi connectivity index (χ3n) is 3.34. The first-order valence-corrected chi connectivity index (χ1v) is 8.93. The number of carbonyl (C=O) groups excluding carboxylic acids is 1. The van der Waals surface area contributed by atoms with Crippen molar-refractivity contribution in [2.45, 2.75) is 25.8 Å². The Labute approximate surface area is 147 Å². The highest BCUT2D eigenvalue weighted by molar-refractivity contribution is 9.11. The van der Waals surface area contributed by atoms with Crippen LogP contribution >= 0.6 is 27.3 Å². The maximum atomic E-state index is 12.6. The monoisotopic (exact) mass is 395 g/mol. The number of rotatable bonds is 8. The summed E-state index contributed by atoms with van der Waals surface area (Å²) in [5.74, 6) is -0.812. The van der Waals surface area contributed by atoms with E-state index in [-0.39, 0.29) is 12.3 Å². The molecule has 2 aromatic rings. The first kappa shape index (κ1) is 17.7. The van der Waals surface area contributed by atoms with Gasteiger partial charge in [0.1, 0.15) is 0 Å². The number of carboxylic acids is 1. The molecule has 4 nitrogen and oxygen atoms in total. The van der Waals surface area contributed by atoms with Crippen molar-refractivity contribution < 1.29 is 14.7 Å². The molecule has 0 spiro atoms. The van der Waals surface area contributed by atoms with Gasteiger partial charge in [-0.2, -0.15) is 0 Å². The largest absolute Gasteiger partial charge is 0.481 e. The van der Waals surface area contributed by atoms with Crippen LogP contribution < -0.4 is 0 Å². The van der Waals surface area contributed by atoms with Crippen molar-refractivity contribution in [1.82, 2.24) is 4.90 Å². The Morgan fingerprint density at radius 1 is 1.13 bits per heavy atom. The van der Waals surface area contributed by atoms with Crippen LogP contribution in [0.15, 0.2) is 46.3 Å². The van der Waals surface area contributed by atoms with Gasteiger partial charge in [0.25, 0.3) is 0 Å². The first-order valence-electron chi connectivity index (χ1n) is 7.32. The SMILES string of the molecule is O=C(O)CCCN(Cc1ccccc1)C(=O)Cc1ccc(Br)s1. The molecule has 0 atom stereocenters. The number of hydrogen-bond acceptors (Lipinski definition) is 3. The third-order valence-corrected chi connectivity index (χ3v) is 4.97. The topological polar surface area (TPSA) is 57.6 Å². The lowest BCUT2D eigenvalue weighted by atomic mass is 10.2. The van der Waals surface area contributed by atoms with Gasteiger partial charge in [-0.05, 0) is 40.0 Å². The van der Waals surface area contributed by atoms with E-state index < -0.39 is 5.97 Å². The highest BCUT2D eigenvalue weighted by atomic mass is 79.9. The Morgan fingerprint density at radius 3 is 2.48 bits per heavy atom. The summed E-state index contributed by atoms with van der Waals surface area (Å²) in [6.07, 6.45) is 0.876. The molecule has 1 heterocycles. The fourth-order valence-corrected chi connectivity index (χ4v) is 3.70. The Balaban J connectivity index is 2.01. The van der Waals surface area contributed by atoms with Crippen molar-refractivity contribution in [2.75, 3.05) is 6.54 Å². The third kappa shape index (κ3) is 6.15. The Morgan fingerprint density at radius 2 is 1.87 bits per heavy atom. The van der Waals surface area contributed by atoms with Crippen molar-refractivity contribution >= 4 is 39.1 Å². The van der Waals surface area contributed by atoms with Gasteiger partial charge in [-0.3, -0.25) is 9.59 Å². The first-order chi connectivity index (χ1) is 11.0. The van der Waals surface area contributed by atoms with Gasteiger partial charge < -0.3 is 10.0 Å². The predicted octanol–water partition coefficient (Wildman–Crippen LogP) is 3.95. The number of carboxylic acid groups (broad SMARTS) is 1. The molecule has 0 saturated heterocycles. The predicted molar refractivity (Wildman–Crippen MR) is 94.5 cm³/mol. The summed E-state index contributed by atoms with van der Waals surface area (Å²) in [6.45, 7) is 0.957. The summed E-state index contributed by atoms with van der Waals surface area (Å²) in [6, 6.07) is 13.6. The molecule has 0 aliphatic heterocycles. The minimum Gasteiger partial charge on any atom is -0.481 e. The van der Waals surface area contributed by atoms with E-state index in [1.54, 1.807) is 16.2 Å². The zero-order chi connectivity index (χ0) is 16.7. The van der Waals surface area contributed by atoms with Crippen molar-refractivity contribution in [2.24, 2.45) is 0 Å². The number of thiophene rings is 1. The van der Waals surface area contributed by atoms with Crippen molar-refractivity contribution in [1.29, 1.82) is 0 Å². The van der Waals surface area contributed by atoms with Crippen molar-refractivity contribution in [3.63, 3.8) is 0 Å². The molecule has 0 bridgehead atoms. The number of halogens is 1. The van der Waals surface area contributed by atoms with Crippen LogP contribution in [0.1, 0.15) is 23.3 Å². The summed E-state index contributed by atoms with van der Waals surface area (Å²) in [5.41, 5.74) is 1.04. The summed E-state index contributed by atoms with van der Waals surface area (Å²) >= 11 is 4.94. The van der Waals surface area contributed by atoms with Gasteiger partial charge in [0.15, 0.2) is 0 Å². The Hall–Kier alpha value is -1.66. The lowest BCUT2D eigenvalue weighted by Crippen LogP contribution is -2.32. The Bertz CT molecular complexity index is 657. The van der Waals surface area contributed by atoms with Crippen LogP contribution in [-0.2, 0) is 22.6 Å². The van der Waals surface area contributed by atoms with Crippen LogP contribution in [0.2, 0.25) is 0 Å². The quantitative estimate of drug-likeness (QED) is 0.735. The molecule has 2 rings (SSSR count). The number of benzene rings is 1. The van der Waals surface area contributed by atoms with Crippen molar-refractivity contribution in [3.05, 3.63) is 56.7 Å². The van der Waals surface area contributed by atoms with Crippen LogP contribution in [-0.4, -0.2) is 28.4 Å². The highest BCUT2D eigenvalue weighted by Gasteiger charge is 2.16. The summed E-state index contributed by atoms with van der Waals surface area (Å²) in [7, 11) is 0. The van der Waals surface area contributed by atoms with Crippen LogP contribution in [0.3, 0.4) is 0 Å². The Kier molecular flexibility index (Phi) is 6.80. The molecule has 0 radical (unpaired) electrons. The molecule has 0 unspecified atom stereocenters. The molecule has 1 amide bonds.